The first-order valence-electron chi connectivity index (χ1n) is 6.93. The fourth-order valence-electron chi connectivity index (χ4n) is 2.49. The first-order valence-corrected chi connectivity index (χ1v) is 8.42. The van der Waals surface area contributed by atoms with Crippen LogP contribution in [0.2, 0.25) is 0 Å². The molecule has 0 radical (unpaired) electrons. The van der Waals surface area contributed by atoms with Gasteiger partial charge in [0.1, 0.15) is 0 Å². The summed E-state index contributed by atoms with van der Waals surface area (Å²) in [5, 5.41) is 3.19. The Morgan fingerprint density at radius 2 is 1.86 bits per heavy atom. The molecule has 1 fully saturated rings. The van der Waals surface area contributed by atoms with E-state index in [4.69, 9.17) is 9.47 Å². The van der Waals surface area contributed by atoms with Crippen molar-refractivity contribution in [2.75, 3.05) is 27.3 Å². The molecule has 6 nitrogen and oxygen atoms in total. The van der Waals surface area contributed by atoms with Crippen molar-refractivity contribution in [3.8, 4) is 11.5 Å². The minimum atomic E-state index is -3.57. The van der Waals surface area contributed by atoms with Crippen LogP contribution in [0.15, 0.2) is 17.0 Å². The van der Waals surface area contributed by atoms with Crippen molar-refractivity contribution < 1.29 is 17.9 Å². The molecular weight excluding hydrogens is 328 g/mol. The minimum absolute atomic E-state index is 0. The van der Waals surface area contributed by atoms with E-state index in [2.05, 4.69) is 10.0 Å². The summed E-state index contributed by atoms with van der Waals surface area (Å²) in [6.45, 7) is 3.34. The van der Waals surface area contributed by atoms with Gasteiger partial charge in [0.2, 0.25) is 10.0 Å². The van der Waals surface area contributed by atoms with Gasteiger partial charge in [-0.05, 0) is 37.9 Å². The summed E-state index contributed by atoms with van der Waals surface area (Å²) in [6, 6.07) is 3.11. The number of sulfonamides is 1. The number of aryl methyl sites for hydroxylation is 1. The van der Waals surface area contributed by atoms with Gasteiger partial charge in [0.05, 0.1) is 19.1 Å². The Morgan fingerprint density at radius 1 is 1.23 bits per heavy atom. The molecule has 1 heterocycles. The van der Waals surface area contributed by atoms with Crippen LogP contribution >= 0.6 is 12.4 Å². The summed E-state index contributed by atoms with van der Waals surface area (Å²) in [5.74, 6) is 0.929. The summed E-state index contributed by atoms with van der Waals surface area (Å²) < 4.78 is 38.2. The molecule has 1 unspecified atom stereocenters. The summed E-state index contributed by atoms with van der Waals surface area (Å²) in [4.78, 5) is 0.228. The van der Waals surface area contributed by atoms with Crippen molar-refractivity contribution in [3.63, 3.8) is 0 Å². The lowest BCUT2D eigenvalue weighted by atomic mass is 10.1. The van der Waals surface area contributed by atoms with Crippen LogP contribution in [0.25, 0.3) is 0 Å². The molecule has 126 valence electrons. The second-order valence-electron chi connectivity index (χ2n) is 5.14. The largest absolute Gasteiger partial charge is 0.493 e. The van der Waals surface area contributed by atoms with E-state index in [0.29, 0.717) is 23.6 Å². The van der Waals surface area contributed by atoms with Gasteiger partial charge in [-0.3, -0.25) is 0 Å². The van der Waals surface area contributed by atoms with Crippen LogP contribution in [0.1, 0.15) is 18.4 Å². The molecule has 1 aromatic rings. The second kappa shape index (κ2) is 8.01. The number of ether oxygens (including phenoxy) is 2. The van der Waals surface area contributed by atoms with Crippen molar-refractivity contribution >= 4 is 22.4 Å². The summed E-state index contributed by atoms with van der Waals surface area (Å²) in [5.41, 5.74) is 0.629. The van der Waals surface area contributed by atoms with Gasteiger partial charge in [-0.25, -0.2) is 13.1 Å². The number of methoxy groups -OCH3 is 2. The van der Waals surface area contributed by atoms with E-state index >= 15 is 0 Å². The predicted molar refractivity (Wildman–Crippen MR) is 87.7 cm³/mol. The topological polar surface area (TPSA) is 76.7 Å². The van der Waals surface area contributed by atoms with Crippen LogP contribution in [0.4, 0.5) is 0 Å². The van der Waals surface area contributed by atoms with Crippen molar-refractivity contribution in [1.29, 1.82) is 0 Å². The fraction of sp³-hybridized carbons (Fsp3) is 0.571. The smallest absolute Gasteiger partial charge is 0.241 e. The normalized spacial score (nSPS) is 18.4. The third kappa shape index (κ3) is 4.25. The Labute approximate surface area is 138 Å². The molecule has 2 rings (SSSR count). The zero-order valence-corrected chi connectivity index (χ0v) is 14.6. The Balaban J connectivity index is 0.00000242. The molecule has 0 saturated carbocycles. The highest BCUT2D eigenvalue weighted by atomic mass is 35.5. The summed E-state index contributed by atoms with van der Waals surface area (Å²) in [6.07, 6.45) is 1.82. The summed E-state index contributed by atoms with van der Waals surface area (Å²) in [7, 11) is -0.560. The molecule has 2 N–H and O–H groups in total. The van der Waals surface area contributed by atoms with Crippen molar-refractivity contribution in [1.82, 2.24) is 10.0 Å². The molecule has 1 aromatic carbocycles. The molecule has 0 amide bonds. The maximum absolute atomic E-state index is 12.6. The second-order valence-corrected chi connectivity index (χ2v) is 6.82. The first-order chi connectivity index (χ1) is 9.97. The van der Waals surface area contributed by atoms with E-state index in [-0.39, 0.29) is 23.3 Å². The highest BCUT2D eigenvalue weighted by molar-refractivity contribution is 7.89. The van der Waals surface area contributed by atoms with E-state index in [9.17, 15) is 8.42 Å². The molecule has 8 heteroatoms. The fourth-order valence-corrected chi connectivity index (χ4v) is 4.00. The van der Waals surface area contributed by atoms with Crippen LogP contribution in [0.3, 0.4) is 0 Å². The number of piperidine rings is 1. The van der Waals surface area contributed by atoms with E-state index in [1.54, 1.807) is 13.0 Å². The summed E-state index contributed by atoms with van der Waals surface area (Å²) >= 11 is 0. The first kappa shape index (κ1) is 19.0. The monoisotopic (exact) mass is 350 g/mol. The maximum atomic E-state index is 12.6. The average Bonchev–Trinajstić information content (AvgIpc) is 2.47. The molecule has 1 saturated heterocycles. The van der Waals surface area contributed by atoms with Crippen molar-refractivity contribution in [3.05, 3.63) is 17.7 Å². The standard InChI is InChI=1S/C14H22N2O4S.ClH/c1-10-7-12(19-2)13(20-3)8-14(10)21(17,18)16-11-5-4-6-15-9-11;/h7-8,11,15-16H,4-6,9H2,1-3H3;1H. The lowest BCUT2D eigenvalue weighted by Crippen LogP contribution is -2.45. The Hall–Kier alpha value is -1.02. The highest BCUT2D eigenvalue weighted by Crippen LogP contribution is 2.32. The molecule has 0 bridgehead atoms. The van der Waals surface area contributed by atoms with Crippen LogP contribution in [0.5, 0.6) is 11.5 Å². The van der Waals surface area contributed by atoms with Crippen LogP contribution in [-0.4, -0.2) is 41.8 Å². The highest BCUT2D eigenvalue weighted by Gasteiger charge is 2.24. The predicted octanol–water partition coefficient (Wildman–Crippen LogP) is 1.46. The van der Waals surface area contributed by atoms with Crippen LogP contribution in [-0.2, 0) is 10.0 Å². The number of hydrogen-bond donors (Lipinski definition) is 2. The van der Waals surface area contributed by atoms with E-state index < -0.39 is 10.0 Å². The van der Waals surface area contributed by atoms with Crippen molar-refractivity contribution in [2.24, 2.45) is 0 Å². The molecule has 1 aliphatic heterocycles. The lowest BCUT2D eigenvalue weighted by molar-refractivity contribution is 0.353. The molecule has 1 atom stereocenters. The molecular formula is C14H23ClN2O4S. The number of benzene rings is 1. The minimum Gasteiger partial charge on any atom is -0.493 e. The molecule has 22 heavy (non-hydrogen) atoms. The van der Waals surface area contributed by atoms with Gasteiger partial charge in [-0.2, -0.15) is 0 Å². The zero-order chi connectivity index (χ0) is 15.5. The van der Waals surface area contributed by atoms with Gasteiger partial charge >= 0.3 is 0 Å². The van der Waals surface area contributed by atoms with E-state index in [1.165, 1.54) is 20.3 Å². The quantitative estimate of drug-likeness (QED) is 0.840. The Bertz CT molecular complexity index is 601. The third-order valence-corrected chi connectivity index (χ3v) is 5.25. The molecule has 1 aliphatic rings. The SMILES string of the molecule is COc1cc(C)c(S(=O)(=O)NC2CCCNC2)cc1OC.Cl. The number of hydrogen-bond acceptors (Lipinski definition) is 5. The average molecular weight is 351 g/mol. The van der Waals surface area contributed by atoms with E-state index in [1.807, 2.05) is 0 Å². The van der Waals surface area contributed by atoms with Gasteiger partial charge in [0, 0.05) is 18.7 Å². The van der Waals surface area contributed by atoms with Crippen LogP contribution in [0, 0.1) is 6.92 Å². The van der Waals surface area contributed by atoms with Gasteiger partial charge in [0.15, 0.2) is 11.5 Å². The third-order valence-electron chi connectivity index (χ3n) is 3.59. The van der Waals surface area contributed by atoms with E-state index in [0.717, 1.165) is 19.4 Å². The molecule has 0 aromatic heterocycles. The number of rotatable bonds is 5. The lowest BCUT2D eigenvalue weighted by Gasteiger charge is -2.24. The van der Waals surface area contributed by atoms with Gasteiger partial charge < -0.3 is 14.8 Å². The van der Waals surface area contributed by atoms with Gasteiger partial charge in [-0.1, -0.05) is 0 Å². The number of nitrogens with one attached hydrogen (secondary N) is 2. The van der Waals surface area contributed by atoms with Gasteiger partial charge in [0.25, 0.3) is 0 Å². The molecule has 0 spiro atoms. The Morgan fingerprint density at radius 3 is 2.41 bits per heavy atom. The van der Waals surface area contributed by atoms with Crippen molar-refractivity contribution in [2.45, 2.75) is 30.7 Å². The molecule has 0 aliphatic carbocycles. The zero-order valence-electron chi connectivity index (χ0n) is 13.0. The maximum Gasteiger partial charge on any atom is 0.241 e. The Kier molecular flexibility index (Phi) is 6.93. The van der Waals surface area contributed by atoms with Crippen LogP contribution < -0.4 is 19.5 Å². The number of halogens is 1. The van der Waals surface area contributed by atoms with Gasteiger partial charge in [-0.15, -0.1) is 12.4 Å².